The maximum Gasteiger partial charge on any atom is 0.251 e. The van der Waals surface area contributed by atoms with E-state index in [2.05, 4.69) is 5.32 Å². The van der Waals surface area contributed by atoms with Crippen LogP contribution in [0.4, 0.5) is 0 Å². The number of benzene rings is 1. The maximum atomic E-state index is 11.4. The van der Waals surface area contributed by atoms with Gasteiger partial charge in [-0.3, -0.25) is 4.79 Å². The molecule has 1 aromatic rings. The molecule has 0 heterocycles. The highest BCUT2D eigenvalue weighted by molar-refractivity contribution is 5.94. The summed E-state index contributed by atoms with van der Waals surface area (Å²) in [5.41, 5.74) is 0.997. The highest BCUT2D eigenvalue weighted by atomic mass is 16.3. The second kappa shape index (κ2) is 5.13. The minimum absolute atomic E-state index is 0.221. The quantitative estimate of drug-likeness (QED) is 0.760. The second-order valence-corrected chi connectivity index (χ2v) is 3.25. The number of nitrogens with zero attached hydrogens (tertiary/aromatic N) is 1. The van der Waals surface area contributed by atoms with Crippen LogP contribution in [0, 0.1) is 11.3 Å². The number of amides is 1. The van der Waals surface area contributed by atoms with E-state index in [-0.39, 0.29) is 12.5 Å². The van der Waals surface area contributed by atoms with Gasteiger partial charge in [-0.1, -0.05) is 0 Å². The first-order valence-electron chi connectivity index (χ1n) is 4.60. The highest BCUT2D eigenvalue weighted by Gasteiger charge is 2.05. The Balaban J connectivity index is 2.63. The van der Waals surface area contributed by atoms with Crippen LogP contribution in [0.3, 0.4) is 0 Å². The molecule has 0 aliphatic heterocycles. The lowest BCUT2D eigenvalue weighted by Crippen LogP contribution is -2.30. The normalized spacial score (nSPS) is 11.5. The summed E-state index contributed by atoms with van der Waals surface area (Å²) < 4.78 is 0. The summed E-state index contributed by atoms with van der Waals surface area (Å²) in [5.74, 6) is -0.250. The molecule has 0 fully saturated rings. The van der Waals surface area contributed by atoms with Crippen LogP contribution in [-0.2, 0) is 0 Å². The van der Waals surface area contributed by atoms with Crippen LogP contribution in [-0.4, -0.2) is 23.7 Å². The van der Waals surface area contributed by atoms with Gasteiger partial charge in [-0.2, -0.15) is 5.26 Å². The number of nitrogens with one attached hydrogen (secondary N) is 1. The number of aliphatic hydroxyl groups is 1. The lowest BCUT2D eigenvalue weighted by Gasteiger charge is -2.06. The van der Waals surface area contributed by atoms with Crippen molar-refractivity contribution in [1.82, 2.24) is 5.32 Å². The van der Waals surface area contributed by atoms with Gasteiger partial charge in [0.15, 0.2) is 0 Å². The first-order chi connectivity index (χ1) is 7.13. The van der Waals surface area contributed by atoms with E-state index in [9.17, 15) is 4.79 Å². The molecule has 0 saturated carbocycles. The molecule has 1 aromatic carbocycles. The fourth-order valence-corrected chi connectivity index (χ4v) is 1.04. The molecule has 15 heavy (non-hydrogen) atoms. The zero-order chi connectivity index (χ0) is 11.3. The lowest BCUT2D eigenvalue weighted by molar-refractivity contribution is 0.0924. The summed E-state index contributed by atoms with van der Waals surface area (Å²) in [7, 11) is 0. The predicted octanol–water partition coefficient (Wildman–Crippen LogP) is 0.669. The third-order valence-corrected chi connectivity index (χ3v) is 1.83. The maximum absolute atomic E-state index is 11.4. The second-order valence-electron chi connectivity index (χ2n) is 3.25. The zero-order valence-electron chi connectivity index (χ0n) is 8.40. The van der Waals surface area contributed by atoms with Crippen LogP contribution >= 0.6 is 0 Å². The molecule has 0 bridgehead atoms. The standard InChI is InChI=1S/C11H12N2O2/c1-8(14)7-13-11(15)10-4-2-9(6-12)3-5-10/h2-5,8,14H,7H2,1H3,(H,13,15). The number of carbonyl (C=O) groups excluding carboxylic acids is 1. The molecule has 2 N–H and O–H groups in total. The third-order valence-electron chi connectivity index (χ3n) is 1.83. The van der Waals surface area contributed by atoms with Gasteiger partial charge in [-0.05, 0) is 31.2 Å². The molecule has 1 atom stereocenters. The number of nitriles is 1. The van der Waals surface area contributed by atoms with E-state index in [1.807, 2.05) is 6.07 Å². The number of rotatable bonds is 3. The van der Waals surface area contributed by atoms with Gasteiger partial charge in [-0.15, -0.1) is 0 Å². The van der Waals surface area contributed by atoms with Crippen molar-refractivity contribution < 1.29 is 9.90 Å². The van der Waals surface area contributed by atoms with E-state index in [0.717, 1.165) is 0 Å². The van der Waals surface area contributed by atoms with Crippen molar-refractivity contribution in [1.29, 1.82) is 5.26 Å². The van der Waals surface area contributed by atoms with Gasteiger partial charge in [0.2, 0.25) is 0 Å². The molecule has 1 unspecified atom stereocenters. The van der Waals surface area contributed by atoms with Gasteiger partial charge >= 0.3 is 0 Å². The Bertz CT molecular complexity index is 377. The summed E-state index contributed by atoms with van der Waals surface area (Å²) in [5, 5.41) is 20.1. The van der Waals surface area contributed by atoms with E-state index >= 15 is 0 Å². The minimum Gasteiger partial charge on any atom is -0.392 e. The Kier molecular flexibility index (Phi) is 3.83. The zero-order valence-corrected chi connectivity index (χ0v) is 8.40. The first kappa shape index (κ1) is 11.2. The van der Waals surface area contributed by atoms with Crippen molar-refractivity contribution in [3.63, 3.8) is 0 Å². The topological polar surface area (TPSA) is 73.1 Å². The summed E-state index contributed by atoms with van der Waals surface area (Å²) in [6.45, 7) is 1.82. The average molecular weight is 204 g/mol. The van der Waals surface area contributed by atoms with Crippen molar-refractivity contribution >= 4 is 5.91 Å². The largest absolute Gasteiger partial charge is 0.392 e. The van der Waals surface area contributed by atoms with E-state index in [4.69, 9.17) is 10.4 Å². The van der Waals surface area contributed by atoms with Gasteiger partial charge in [0.1, 0.15) is 0 Å². The Morgan fingerprint density at radius 2 is 2.13 bits per heavy atom. The molecule has 78 valence electrons. The number of hydrogen-bond donors (Lipinski definition) is 2. The number of carbonyl (C=O) groups is 1. The van der Waals surface area contributed by atoms with Gasteiger partial charge < -0.3 is 10.4 Å². The Labute approximate surface area is 88.2 Å². The number of aliphatic hydroxyl groups excluding tert-OH is 1. The molecule has 4 nitrogen and oxygen atoms in total. The molecule has 1 rings (SSSR count). The Morgan fingerprint density at radius 1 is 1.53 bits per heavy atom. The van der Waals surface area contributed by atoms with E-state index in [0.29, 0.717) is 11.1 Å². The average Bonchev–Trinajstić information content (AvgIpc) is 2.26. The van der Waals surface area contributed by atoms with E-state index in [1.165, 1.54) is 0 Å². The highest BCUT2D eigenvalue weighted by Crippen LogP contribution is 2.02. The predicted molar refractivity (Wildman–Crippen MR) is 55.2 cm³/mol. The van der Waals surface area contributed by atoms with Gasteiger partial charge in [0.25, 0.3) is 5.91 Å². The van der Waals surface area contributed by atoms with Gasteiger partial charge in [0, 0.05) is 12.1 Å². The Morgan fingerprint density at radius 3 is 2.60 bits per heavy atom. The fraction of sp³-hybridized carbons (Fsp3) is 0.273. The van der Waals surface area contributed by atoms with Gasteiger partial charge in [0.05, 0.1) is 17.7 Å². The molecule has 0 saturated heterocycles. The SMILES string of the molecule is CC(O)CNC(=O)c1ccc(C#N)cc1. The summed E-state index contributed by atoms with van der Waals surface area (Å²) in [6.07, 6.45) is -0.563. The van der Waals surface area contributed by atoms with Crippen molar-refractivity contribution in [3.05, 3.63) is 35.4 Å². The van der Waals surface area contributed by atoms with Crippen LogP contribution < -0.4 is 5.32 Å². The summed E-state index contributed by atoms with van der Waals surface area (Å²) in [6, 6.07) is 8.29. The van der Waals surface area contributed by atoms with Crippen LogP contribution in [0.5, 0.6) is 0 Å². The van der Waals surface area contributed by atoms with Crippen molar-refractivity contribution in [2.75, 3.05) is 6.54 Å². The molecule has 0 aliphatic rings. The number of hydrogen-bond acceptors (Lipinski definition) is 3. The molecule has 0 radical (unpaired) electrons. The van der Waals surface area contributed by atoms with Crippen LogP contribution in [0.25, 0.3) is 0 Å². The van der Waals surface area contributed by atoms with Crippen LogP contribution in [0.15, 0.2) is 24.3 Å². The van der Waals surface area contributed by atoms with Crippen LogP contribution in [0.2, 0.25) is 0 Å². The minimum atomic E-state index is -0.563. The first-order valence-corrected chi connectivity index (χ1v) is 4.60. The van der Waals surface area contributed by atoms with E-state index < -0.39 is 6.10 Å². The molecule has 4 heteroatoms. The van der Waals surface area contributed by atoms with Crippen molar-refractivity contribution in [3.8, 4) is 6.07 Å². The fourth-order valence-electron chi connectivity index (χ4n) is 1.04. The van der Waals surface area contributed by atoms with E-state index in [1.54, 1.807) is 31.2 Å². The lowest BCUT2D eigenvalue weighted by atomic mass is 10.1. The molecule has 0 aliphatic carbocycles. The summed E-state index contributed by atoms with van der Waals surface area (Å²) in [4.78, 5) is 11.4. The van der Waals surface area contributed by atoms with Gasteiger partial charge in [-0.25, -0.2) is 0 Å². The summed E-state index contributed by atoms with van der Waals surface area (Å²) >= 11 is 0. The monoisotopic (exact) mass is 204 g/mol. The molecule has 0 spiro atoms. The third kappa shape index (κ3) is 3.41. The molecule has 0 aromatic heterocycles. The van der Waals surface area contributed by atoms with Crippen molar-refractivity contribution in [2.45, 2.75) is 13.0 Å². The van der Waals surface area contributed by atoms with Crippen LogP contribution in [0.1, 0.15) is 22.8 Å². The molecular formula is C11H12N2O2. The Hall–Kier alpha value is -1.86. The smallest absolute Gasteiger partial charge is 0.251 e. The van der Waals surface area contributed by atoms with Crippen molar-refractivity contribution in [2.24, 2.45) is 0 Å². The molecule has 1 amide bonds. The molecular weight excluding hydrogens is 192 g/mol.